The van der Waals surface area contributed by atoms with E-state index >= 15 is 0 Å². The quantitative estimate of drug-likeness (QED) is 0.490. The Labute approximate surface area is 152 Å². The molecule has 1 aromatic rings. The maximum atomic E-state index is 4.54. The second-order valence-electron chi connectivity index (χ2n) is 7.01. The van der Waals surface area contributed by atoms with Crippen molar-refractivity contribution >= 4 is 21.9 Å². The lowest BCUT2D eigenvalue weighted by Gasteiger charge is -2.25. The fraction of sp³-hybridized carbons (Fsp3) is 0.526. The zero-order chi connectivity index (χ0) is 16.5. The van der Waals surface area contributed by atoms with Gasteiger partial charge in [0.15, 0.2) is 5.96 Å². The third-order valence-corrected chi connectivity index (χ3v) is 5.97. The minimum absolute atomic E-state index is 0.525. The van der Waals surface area contributed by atoms with Crippen LogP contribution >= 0.6 is 15.9 Å². The van der Waals surface area contributed by atoms with E-state index in [9.17, 15) is 0 Å². The zero-order valence-corrected chi connectivity index (χ0v) is 15.7. The van der Waals surface area contributed by atoms with Crippen LogP contribution in [0.3, 0.4) is 0 Å². The van der Waals surface area contributed by atoms with Gasteiger partial charge in [0.05, 0.1) is 0 Å². The van der Waals surface area contributed by atoms with Gasteiger partial charge in [0, 0.05) is 55.7 Å². The van der Waals surface area contributed by atoms with Crippen molar-refractivity contribution in [3.8, 4) is 0 Å². The Hall–Kier alpha value is -1.33. The van der Waals surface area contributed by atoms with Gasteiger partial charge < -0.3 is 10.2 Å². The van der Waals surface area contributed by atoms with E-state index in [-0.39, 0.29) is 0 Å². The van der Waals surface area contributed by atoms with Crippen molar-refractivity contribution in [3.63, 3.8) is 0 Å². The van der Waals surface area contributed by atoms with Crippen LogP contribution < -0.4 is 5.32 Å². The molecule has 5 heteroatoms. The standard InChI is InChI=1S/C19H25BrN4/c1-21-19(24-11-8-16(13-24)23-9-2-3-10-23)22-18-12-17(18)14-4-6-15(20)7-5-14/h2-7,16-18H,8-13H2,1H3,(H,21,22). The number of hydrogen-bond donors (Lipinski definition) is 1. The molecule has 1 aromatic carbocycles. The fourth-order valence-electron chi connectivity index (χ4n) is 3.92. The van der Waals surface area contributed by atoms with Gasteiger partial charge in [-0.3, -0.25) is 9.89 Å². The first-order valence-electron chi connectivity index (χ1n) is 8.87. The van der Waals surface area contributed by atoms with Crippen LogP contribution in [0.2, 0.25) is 0 Å². The van der Waals surface area contributed by atoms with E-state index in [0.29, 0.717) is 18.0 Å². The lowest BCUT2D eigenvalue weighted by atomic mass is 10.1. The number of aliphatic imine (C=N–C) groups is 1. The fourth-order valence-corrected chi connectivity index (χ4v) is 4.19. The van der Waals surface area contributed by atoms with Gasteiger partial charge in [0.25, 0.3) is 0 Å². The molecule has 4 nitrogen and oxygen atoms in total. The number of halogens is 1. The molecule has 3 unspecified atom stereocenters. The van der Waals surface area contributed by atoms with Crippen molar-refractivity contribution in [2.75, 3.05) is 33.2 Å². The van der Waals surface area contributed by atoms with Crippen LogP contribution in [0, 0.1) is 0 Å². The predicted octanol–water partition coefficient (Wildman–Crippen LogP) is 2.83. The predicted molar refractivity (Wildman–Crippen MR) is 102 cm³/mol. The van der Waals surface area contributed by atoms with E-state index in [4.69, 9.17) is 0 Å². The Bertz CT molecular complexity index is 631. The summed E-state index contributed by atoms with van der Waals surface area (Å²) >= 11 is 3.51. The first kappa shape index (κ1) is 16.2. The van der Waals surface area contributed by atoms with Crippen LogP contribution in [0.5, 0.6) is 0 Å². The lowest BCUT2D eigenvalue weighted by molar-refractivity contribution is 0.259. The molecule has 0 radical (unpaired) electrons. The van der Waals surface area contributed by atoms with Gasteiger partial charge >= 0.3 is 0 Å². The summed E-state index contributed by atoms with van der Waals surface area (Å²) in [7, 11) is 1.91. The second kappa shape index (κ2) is 6.89. The minimum Gasteiger partial charge on any atom is -0.353 e. The Morgan fingerprint density at radius 2 is 1.96 bits per heavy atom. The van der Waals surface area contributed by atoms with Crippen LogP contribution in [0.4, 0.5) is 0 Å². The normalized spacial score (nSPS) is 30.2. The van der Waals surface area contributed by atoms with E-state index in [1.54, 1.807) is 0 Å². The molecule has 2 aliphatic heterocycles. The van der Waals surface area contributed by atoms with Crippen molar-refractivity contribution in [2.45, 2.75) is 30.8 Å². The van der Waals surface area contributed by atoms with E-state index in [0.717, 1.165) is 36.6 Å². The van der Waals surface area contributed by atoms with E-state index in [1.165, 1.54) is 18.4 Å². The number of likely N-dealkylation sites (tertiary alicyclic amines) is 1. The van der Waals surface area contributed by atoms with Gasteiger partial charge in [0.2, 0.25) is 0 Å². The van der Waals surface area contributed by atoms with Crippen molar-refractivity contribution < 1.29 is 0 Å². The molecule has 1 saturated heterocycles. The van der Waals surface area contributed by atoms with Gasteiger partial charge in [-0.1, -0.05) is 40.2 Å². The molecule has 2 heterocycles. The maximum Gasteiger partial charge on any atom is 0.193 e. The molecule has 1 N–H and O–H groups in total. The van der Waals surface area contributed by atoms with E-state index in [2.05, 4.69) is 72.5 Å². The molecule has 0 amide bonds. The summed E-state index contributed by atoms with van der Waals surface area (Å²) in [5.74, 6) is 1.70. The summed E-state index contributed by atoms with van der Waals surface area (Å²) in [6, 6.07) is 9.91. The second-order valence-corrected chi connectivity index (χ2v) is 7.92. The zero-order valence-electron chi connectivity index (χ0n) is 14.2. The van der Waals surface area contributed by atoms with Crippen molar-refractivity contribution in [3.05, 3.63) is 46.5 Å². The molecule has 0 bridgehead atoms. The van der Waals surface area contributed by atoms with Crippen LogP contribution in [0.15, 0.2) is 45.9 Å². The summed E-state index contributed by atoms with van der Waals surface area (Å²) in [5.41, 5.74) is 1.42. The van der Waals surface area contributed by atoms with Crippen LogP contribution in [0.1, 0.15) is 24.3 Å². The van der Waals surface area contributed by atoms with Gasteiger partial charge in [-0.05, 0) is 30.5 Å². The Balaban J connectivity index is 1.32. The molecule has 3 aliphatic rings. The molecule has 24 heavy (non-hydrogen) atoms. The molecule has 4 rings (SSSR count). The lowest BCUT2D eigenvalue weighted by Crippen LogP contribution is -2.43. The highest BCUT2D eigenvalue weighted by Gasteiger charge is 2.40. The summed E-state index contributed by atoms with van der Waals surface area (Å²) in [6.45, 7) is 4.42. The topological polar surface area (TPSA) is 30.9 Å². The van der Waals surface area contributed by atoms with Gasteiger partial charge in [-0.25, -0.2) is 0 Å². The van der Waals surface area contributed by atoms with Gasteiger partial charge in [-0.15, -0.1) is 0 Å². The molecular formula is C19H25BrN4. The minimum atomic E-state index is 0.525. The highest BCUT2D eigenvalue weighted by Crippen LogP contribution is 2.41. The molecule has 2 fully saturated rings. The average Bonchev–Trinajstić information content (AvgIpc) is 3.01. The molecule has 1 saturated carbocycles. The average molecular weight is 389 g/mol. The Morgan fingerprint density at radius 1 is 1.21 bits per heavy atom. The van der Waals surface area contributed by atoms with Crippen LogP contribution in [-0.2, 0) is 0 Å². The molecule has 128 valence electrons. The first-order valence-corrected chi connectivity index (χ1v) is 9.66. The maximum absolute atomic E-state index is 4.54. The molecule has 0 spiro atoms. The van der Waals surface area contributed by atoms with Crippen molar-refractivity contribution in [2.24, 2.45) is 4.99 Å². The SMILES string of the molecule is CN=C(NC1CC1c1ccc(Br)cc1)N1CCC(N2CC=CC2)C1. The van der Waals surface area contributed by atoms with Gasteiger partial charge in [0.1, 0.15) is 0 Å². The van der Waals surface area contributed by atoms with Crippen molar-refractivity contribution in [1.82, 2.24) is 15.1 Å². The summed E-state index contributed by atoms with van der Waals surface area (Å²) in [4.78, 5) is 9.54. The smallest absolute Gasteiger partial charge is 0.193 e. The highest BCUT2D eigenvalue weighted by atomic mass is 79.9. The first-order chi connectivity index (χ1) is 11.7. The number of rotatable bonds is 3. The number of hydrogen-bond acceptors (Lipinski definition) is 2. The molecule has 3 atom stereocenters. The summed E-state index contributed by atoms with van der Waals surface area (Å²) in [6.07, 6.45) is 7.00. The Morgan fingerprint density at radius 3 is 2.67 bits per heavy atom. The third-order valence-electron chi connectivity index (χ3n) is 5.44. The number of guanidine groups is 1. The molecular weight excluding hydrogens is 364 g/mol. The molecule has 0 aromatic heterocycles. The number of nitrogens with zero attached hydrogens (tertiary/aromatic N) is 3. The monoisotopic (exact) mass is 388 g/mol. The Kier molecular flexibility index (Phi) is 4.63. The van der Waals surface area contributed by atoms with E-state index < -0.39 is 0 Å². The van der Waals surface area contributed by atoms with E-state index in [1.807, 2.05) is 7.05 Å². The molecule has 1 aliphatic carbocycles. The largest absolute Gasteiger partial charge is 0.353 e. The number of benzene rings is 1. The van der Waals surface area contributed by atoms with Gasteiger partial charge in [-0.2, -0.15) is 0 Å². The van der Waals surface area contributed by atoms with Crippen LogP contribution in [-0.4, -0.2) is 61.1 Å². The van der Waals surface area contributed by atoms with Crippen molar-refractivity contribution in [1.29, 1.82) is 0 Å². The summed E-state index contributed by atoms with van der Waals surface area (Å²) < 4.78 is 1.15. The third kappa shape index (κ3) is 3.38. The summed E-state index contributed by atoms with van der Waals surface area (Å²) in [5, 5.41) is 3.69. The number of nitrogens with one attached hydrogen (secondary N) is 1. The highest BCUT2D eigenvalue weighted by molar-refractivity contribution is 9.10. The van der Waals surface area contributed by atoms with Crippen LogP contribution in [0.25, 0.3) is 0 Å².